The molecule has 0 aliphatic carbocycles. The second-order valence-electron chi connectivity index (χ2n) is 6.20. The molecule has 1 aromatic heterocycles. The lowest BCUT2D eigenvalue weighted by molar-refractivity contribution is 0.100. The zero-order valence-corrected chi connectivity index (χ0v) is 15.9. The largest absolute Gasteiger partial charge is 0.497 e. The molecule has 0 aliphatic rings. The van der Waals surface area contributed by atoms with Crippen LogP contribution in [0.5, 0.6) is 5.75 Å². The van der Waals surface area contributed by atoms with Crippen molar-refractivity contribution < 1.29 is 19.1 Å². The highest BCUT2D eigenvalue weighted by atomic mass is 16.5. The molecule has 7 heteroatoms. The molecule has 0 saturated heterocycles. The van der Waals surface area contributed by atoms with E-state index in [0.717, 1.165) is 0 Å². The number of carbonyl (C=O) groups is 3. The quantitative estimate of drug-likeness (QED) is 0.625. The number of methoxy groups -OCH3 is 1. The van der Waals surface area contributed by atoms with E-state index in [1.54, 1.807) is 48.5 Å². The molecular formula is C22H19N3O4. The molecule has 1 heterocycles. The summed E-state index contributed by atoms with van der Waals surface area (Å²) < 4.78 is 5.13. The molecule has 0 saturated carbocycles. The minimum Gasteiger partial charge on any atom is -0.497 e. The third kappa shape index (κ3) is 5.04. The molecule has 146 valence electrons. The number of hydrogen-bond acceptors (Lipinski definition) is 5. The van der Waals surface area contributed by atoms with Crippen molar-refractivity contribution in [1.82, 2.24) is 4.98 Å². The first-order chi connectivity index (χ1) is 14.0. The number of Topliss-reactive ketones (excluding diaryl/α,β-unsaturated/α-hetero) is 1. The maximum atomic E-state index is 12.5. The van der Waals surface area contributed by atoms with Gasteiger partial charge in [0.2, 0.25) is 0 Å². The number of rotatable bonds is 6. The monoisotopic (exact) mass is 389 g/mol. The molecule has 7 nitrogen and oxygen atoms in total. The van der Waals surface area contributed by atoms with Crippen LogP contribution >= 0.6 is 0 Å². The van der Waals surface area contributed by atoms with Crippen molar-refractivity contribution in [3.05, 3.63) is 83.7 Å². The summed E-state index contributed by atoms with van der Waals surface area (Å²) in [6.45, 7) is 1.47. The maximum absolute atomic E-state index is 12.5. The number of hydrogen-bond donors (Lipinski definition) is 2. The molecule has 0 unspecified atom stereocenters. The van der Waals surface area contributed by atoms with Gasteiger partial charge in [0.05, 0.1) is 7.11 Å². The molecule has 29 heavy (non-hydrogen) atoms. The predicted molar refractivity (Wildman–Crippen MR) is 110 cm³/mol. The molecule has 2 amide bonds. The first-order valence-electron chi connectivity index (χ1n) is 8.80. The molecule has 0 bridgehead atoms. The molecule has 0 radical (unpaired) electrons. The number of benzene rings is 2. The van der Waals surface area contributed by atoms with Gasteiger partial charge in [-0.3, -0.25) is 19.4 Å². The van der Waals surface area contributed by atoms with Crippen molar-refractivity contribution >= 4 is 29.0 Å². The van der Waals surface area contributed by atoms with Crippen LogP contribution in [0.15, 0.2) is 66.9 Å². The molecule has 2 N–H and O–H groups in total. The zero-order chi connectivity index (χ0) is 20.8. The Morgan fingerprint density at radius 3 is 2.24 bits per heavy atom. The van der Waals surface area contributed by atoms with Crippen LogP contribution in [-0.4, -0.2) is 29.7 Å². The van der Waals surface area contributed by atoms with Gasteiger partial charge in [0.1, 0.15) is 11.4 Å². The van der Waals surface area contributed by atoms with Crippen LogP contribution in [0, 0.1) is 0 Å². The Bertz CT molecular complexity index is 1060. The number of aromatic nitrogens is 1. The van der Waals surface area contributed by atoms with Crippen molar-refractivity contribution in [3.8, 4) is 5.75 Å². The number of nitrogens with one attached hydrogen (secondary N) is 2. The molecule has 0 fully saturated rings. The number of ketones is 1. The number of pyridine rings is 1. The van der Waals surface area contributed by atoms with Crippen molar-refractivity contribution in [1.29, 1.82) is 0 Å². The summed E-state index contributed by atoms with van der Waals surface area (Å²) in [6, 6.07) is 16.4. The van der Waals surface area contributed by atoms with Gasteiger partial charge in [0, 0.05) is 34.8 Å². The summed E-state index contributed by atoms with van der Waals surface area (Å²) in [4.78, 5) is 40.3. The van der Waals surface area contributed by atoms with Crippen LogP contribution in [0.2, 0.25) is 0 Å². The van der Waals surface area contributed by atoms with E-state index in [0.29, 0.717) is 22.7 Å². The Kier molecular flexibility index (Phi) is 5.99. The third-order valence-electron chi connectivity index (χ3n) is 4.13. The second kappa shape index (κ2) is 8.79. The van der Waals surface area contributed by atoms with Crippen LogP contribution in [0.3, 0.4) is 0 Å². The highest BCUT2D eigenvalue weighted by Gasteiger charge is 2.13. The van der Waals surface area contributed by atoms with Gasteiger partial charge in [0.15, 0.2) is 5.78 Å². The maximum Gasteiger partial charge on any atom is 0.274 e. The van der Waals surface area contributed by atoms with Crippen LogP contribution < -0.4 is 15.4 Å². The summed E-state index contributed by atoms with van der Waals surface area (Å²) in [6.07, 6.45) is 1.40. The Labute approximate surface area is 167 Å². The van der Waals surface area contributed by atoms with E-state index in [4.69, 9.17) is 4.74 Å². The molecule has 0 atom stereocenters. The number of carbonyl (C=O) groups excluding carboxylic acids is 3. The normalized spacial score (nSPS) is 10.1. The fourth-order valence-electron chi connectivity index (χ4n) is 2.58. The molecule has 2 aromatic carbocycles. The second-order valence-corrected chi connectivity index (χ2v) is 6.20. The van der Waals surface area contributed by atoms with Gasteiger partial charge in [-0.2, -0.15) is 0 Å². The smallest absolute Gasteiger partial charge is 0.274 e. The highest BCUT2D eigenvalue weighted by Crippen LogP contribution is 2.18. The van der Waals surface area contributed by atoms with E-state index in [-0.39, 0.29) is 17.0 Å². The molecule has 0 spiro atoms. The molecule has 0 aliphatic heterocycles. The topological polar surface area (TPSA) is 97.4 Å². The van der Waals surface area contributed by atoms with Crippen molar-refractivity contribution in [3.63, 3.8) is 0 Å². The molecule has 3 aromatic rings. The average Bonchev–Trinajstić information content (AvgIpc) is 2.74. The first-order valence-corrected chi connectivity index (χ1v) is 8.80. The summed E-state index contributed by atoms with van der Waals surface area (Å²) in [5, 5.41) is 5.45. The van der Waals surface area contributed by atoms with Gasteiger partial charge >= 0.3 is 0 Å². The van der Waals surface area contributed by atoms with E-state index < -0.39 is 11.8 Å². The minimum absolute atomic E-state index is 0.0521. The average molecular weight is 389 g/mol. The SMILES string of the molecule is COc1cccc(NC(=O)c2cc(C(=O)Nc3ccc(C(C)=O)cc3)ccn2)c1. The fourth-order valence-corrected chi connectivity index (χ4v) is 2.58. The van der Waals surface area contributed by atoms with Crippen LogP contribution in [0.25, 0.3) is 0 Å². The highest BCUT2D eigenvalue weighted by molar-refractivity contribution is 6.08. The summed E-state index contributed by atoms with van der Waals surface area (Å²) in [5.41, 5.74) is 2.04. The number of anilines is 2. The third-order valence-corrected chi connectivity index (χ3v) is 4.13. The Morgan fingerprint density at radius 2 is 1.55 bits per heavy atom. The van der Waals surface area contributed by atoms with E-state index in [1.165, 1.54) is 32.4 Å². The fraction of sp³-hybridized carbons (Fsp3) is 0.0909. The van der Waals surface area contributed by atoms with Gasteiger partial charge in [-0.15, -0.1) is 0 Å². The Balaban J connectivity index is 1.71. The Hall–Kier alpha value is -4.00. The lowest BCUT2D eigenvalue weighted by atomic mass is 10.1. The van der Waals surface area contributed by atoms with Crippen LogP contribution in [0.4, 0.5) is 11.4 Å². The van der Waals surface area contributed by atoms with Gasteiger partial charge < -0.3 is 15.4 Å². The summed E-state index contributed by atoms with van der Waals surface area (Å²) in [7, 11) is 1.54. The van der Waals surface area contributed by atoms with Gasteiger partial charge in [-0.25, -0.2) is 0 Å². The number of amides is 2. The number of ether oxygens (including phenoxy) is 1. The minimum atomic E-state index is -0.446. The molecule has 3 rings (SSSR count). The van der Waals surface area contributed by atoms with Gasteiger partial charge in [0.25, 0.3) is 11.8 Å². The van der Waals surface area contributed by atoms with Crippen LogP contribution in [0.1, 0.15) is 38.1 Å². The van der Waals surface area contributed by atoms with E-state index in [9.17, 15) is 14.4 Å². The van der Waals surface area contributed by atoms with E-state index in [1.807, 2.05) is 0 Å². The summed E-state index contributed by atoms with van der Waals surface area (Å²) in [5.74, 6) is -0.277. The van der Waals surface area contributed by atoms with E-state index >= 15 is 0 Å². The van der Waals surface area contributed by atoms with Crippen LogP contribution in [-0.2, 0) is 0 Å². The van der Waals surface area contributed by atoms with E-state index in [2.05, 4.69) is 15.6 Å². The van der Waals surface area contributed by atoms with Gasteiger partial charge in [-0.1, -0.05) is 6.07 Å². The summed E-state index contributed by atoms with van der Waals surface area (Å²) >= 11 is 0. The lowest BCUT2D eigenvalue weighted by Gasteiger charge is -2.08. The standard InChI is InChI=1S/C22H19N3O4/c1-14(26)15-6-8-17(9-7-15)24-21(27)16-10-11-23-20(12-16)22(28)25-18-4-3-5-19(13-18)29-2/h3-13H,1-2H3,(H,24,27)(H,25,28). The number of nitrogens with zero attached hydrogens (tertiary/aromatic N) is 1. The van der Waals surface area contributed by atoms with Crippen molar-refractivity contribution in [2.45, 2.75) is 6.92 Å². The predicted octanol–water partition coefficient (Wildman–Crippen LogP) is 3.80. The lowest BCUT2D eigenvalue weighted by Crippen LogP contribution is -2.17. The zero-order valence-electron chi connectivity index (χ0n) is 15.9. The molecular weight excluding hydrogens is 370 g/mol. The van der Waals surface area contributed by atoms with Gasteiger partial charge in [-0.05, 0) is 55.5 Å². The van der Waals surface area contributed by atoms with Crippen molar-refractivity contribution in [2.75, 3.05) is 17.7 Å². The van der Waals surface area contributed by atoms with Crippen molar-refractivity contribution in [2.24, 2.45) is 0 Å². The Morgan fingerprint density at radius 1 is 0.828 bits per heavy atom. The first kappa shape index (κ1) is 19.8.